The van der Waals surface area contributed by atoms with E-state index in [1.165, 1.54) is 12.1 Å². The Morgan fingerprint density at radius 1 is 1.39 bits per heavy atom. The van der Waals surface area contributed by atoms with E-state index in [0.29, 0.717) is 31.1 Å². The van der Waals surface area contributed by atoms with Gasteiger partial charge in [0.25, 0.3) is 0 Å². The highest BCUT2D eigenvalue weighted by molar-refractivity contribution is 6.30. The van der Waals surface area contributed by atoms with E-state index < -0.39 is 0 Å². The zero-order chi connectivity index (χ0) is 20.1. The summed E-state index contributed by atoms with van der Waals surface area (Å²) in [7, 11) is 3.95. The van der Waals surface area contributed by atoms with E-state index in [0.717, 1.165) is 35.1 Å². The molecule has 0 spiro atoms. The smallest absolute Gasteiger partial charge is 0.194 e. The summed E-state index contributed by atoms with van der Waals surface area (Å²) in [4.78, 5) is 6.74. The van der Waals surface area contributed by atoms with Crippen molar-refractivity contribution in [3.63, 3.8) is 0 Å². The van der Waals surface area contributed by atoms with Gasteiger partial charge in [-0.25, -0.2) is 4.39 Å². The van der Waals surface area contributed by atoms with Gasteiger partial charge in [0.1, 0.15) is 11.6 Å². The van der Waals surface area contributed by atoms with Crippen molar-refractivity contribution in [2.45, 2.75) is 26.5 Å². The number of fused-ring (bicyclic) bond motifs is 1. The lowest BCUT2D eigenvalue weighted by Gasteiger charge is -2.23. The summed E-state index contributed by atoms with van der Waals surface area (Å²) in [5.74, 6) is 1.23. The highest BCUT2D eigenvalue weighted by Crippen LogP contribution is 2.29. The van der Waals surface area contributed by atoms with Crippen molar-refractivity contribution in [1.82, 2.24) is 14.8 Å². The van der Waals surface area contributed by atoms with E-state index in [1.807, 2.05) is 42.7 Å². The first-order valence-electron chi connectivity index (χ1n) is 9.30. The molecule has 0 amide bonds. The zero-order valence-electron chi connectivity index (χ0n) is 16.5. The van der Waals surface area contributed by atoms with Gasteiger partial charge in [-0.3, -0.25) is 4.99 Å². The van der Waals surface area contributed by atoms with Gasteiger partial charge in [0.2, 0.25) is 0 Å². The third-order valence-electron chi connectivity index (χ3n) is 4.56. The molecule has 1 aliphatic heterocycles. The minimum absolute atomic E-state index is 0.194. The molecule has 28 heavy (non-hydrogen) atoms. The molecule has 0 saturated heterocycles. The Kier molecular flexibility index (Phi) is 6.80. The molecule has 2 aromatic rings. The van der Waals surface area contributed by atoms with Gasteiger partial charge in [0, 0.05) is 44.6 Å². The molecule has 1 aromatic carbocycles. The standard InChI is InChI=1S/C20H26ClFN4O2/c1-4-23-20(26(3)11-18-9-16(21)10-25(18)2)24-6-5-14-7-17(22)8-15-12-27-13-28-19(14)15/h7-10H,4-6,11-13H2,1-3H3,(H,23,24). The molecule has 0 aliphatic carbocycles. The van der Waals surface area contributed by atoms with Gasteiger partial charge in [0.05, 0.1) is 18.2 Å². The number of ether oxygens (including phenoxy) is 2. The first-order chi connectivity index (χ1) is 13.5. The lowest BCUT2D eigenvalue weighted by Crippen LogP contribution is -2.39. The van der Waals surface area contributed by atoms with Gasteiger partial charge in [-0.15, -0.1) is 0 Å². The molecule has 0 fully saturated rings. The van der Waals surface area contributed by atoms with Gasteiger partial charge in [-0.2, -0.15) is 0 Å². The number of nitrogens with one attached hydrogen (secondary N) is 1. The molecular weight excluding hydrogens is 383 g/mol. The zero-order valence-corrected chi connectivity index (χ0v) is 17.2. The predicted molar refractivity (Wildman–Crippen MR) is 108 cm³/mol. The van der Waals surface area contributed by atoms with Crippen molar-refractivity contribution >= 4 is 17.6 Å². The number of rotatable bonds is 6. The van der Waals surface area contributed by atoms with Crippen LogP contribution in [-0.4, -0.2) is 42.4 Å². The maximum absolute atomic E-state index is 13.9. The third-order valence-corrected chi connectivity index (χ3v) is 4.77. The summed E-state index contributed by atoms with van der Waals surface area (Å²) in [6.45, 7) is 4.53. The molecule has 0 atom stereocenters. The quantitative estimate of drug-likeness (QED) is 0.588. The fourth-order valence-electron chi connectivity index (χ4n) is 3.24. The van der Waals surface area contributed by atoms with Gasteiger partial charge >= 0.3 is 0 Å². The number of aliphatic imine (C=N–C) groups is 1. The normalized spacial score (nSPS) is 13.8. The Bertz CT molecular complexity index is 853. The second-order valence-electron chi connectivity index (χ2n) is 6.77. The first kappa shape index (κ1) is 20.5. The minimum Gasteiger partial charge on any atom is -0.467 e. The van der Waals surface area contributed by atoms with Crippen molar-refractivity contribution in [3.05, 3.63) is 52.1 Å². The molecule has 2 heterocycles. The average molecular weight is 409 g/mol. The molecule has 3 rings (SSSR count). The number of nitrogens with zero attached hydrogens (tertiary/aromatic N) is 3. The van der Waals surface area contributed by atoms with Crippen LogP contribution in [0.25, 0.3) is 0 Å². The highest BCUT2D eigenvalue weighted by Gasteiger charge is 2.17. The van der Waals surface area contributed by atoms with Crippen LogP contribution in [0.4, 0.5) is 4.39 Å². The van der Waals surface area contributed by atoms with Crippen LogP contribution in [0.5, 0.6) is 5.75 Å². The van der Waals surface area contributed by atoms with E-state index in [-0.39, 0.29) is 12.6 Å². The topological polar surface area (TPSA) is 51.0 Å². The number of aromatic nitrogens is 1. The van der Waals surface area contributed by atoms with Crippen LogP contribution in [0, 0.1) is 5.82 Å². The summed E-state index contributed by atoms with van der Waals surface area (Å²) in [5, 5.41) is 4.01. The Labute approximate surface area is 169 Å². The molecule has 1 aliphatic rings. The number of hydrogen-bond acceptors (Lipinski definition) is 3. The maximum atomic E-state index is 13.9. The lowest BCUT2D eigenvalue weighted by atomic mass is 10.1. The average Bonchev–Trinajstić information content (AvgIpc) is 2.97. The van der Waals surface area contributed by atoms with E-state index in [9.17, 15) is 4.39 Å². The SMILES string of the molecule is CCNC(=NCCc1cc(F)cc2c1OCOC2)N(C)Cc1cc(Cl)cn1C. The molecule has 6 nitrogen and oxygen atoms in total. The van der Waals surface area contributed by atoms with Gasteiger partial charge in [-0.05, 0) is 37.1 Å². The summed E-state index contributed by atoms with van der Waals surface area (Å²) in [6, 6.07) is 4.92. The maximum Gasteiger partial charge on any atom is 0.194 e. The fourth-order valence-corrected chi connectivity index (χ4v) is 3.51. The number of halogens is 2. The number of hydrogen-bond donors (Lipinski definition) is 1. The minimum atomic E-state index is -0.281. The molecule has 152 valence electrons. The van der Waals surface area contributed by atoms with Crippen LogP contribution in [0.3, 0.4) is 0 Å². The second kappa shape index (κ2) is 9.30. The Morgan fingerprint density at radius 2 is 2.21 bits per heavy atom. The van der Waals surface area contributed by atoms with Crippen LogP contribution in [0.2, 0.25) is 5.02 Å². The van der Waals surface area contributed by atoms with Crippen LogP contribution in [0.1, 0.15) is 23.7 Å². The van der Waals surface area contributed by atoms with Crippen LogP contribution in [0.15, 0.2) is 29.4 Å². The van der Waals surface area contributed by atoms with E-state index in [1.54, 1.807) is 0 Å². The molecule has 1 N–H and O–H groups in total. The van der Waals surface area contributed by atoms with Gasteiger partial charge < -0.3 is 24.3 Å². The Hall–Kier alpha value is -2.25. The van der Waals surface area contributed by atoms with Gasteiger partial charge in [-0.1, -0.05) is 11.6 Å². The highest BCUT2D eigenvalue weighted by atomic mass is 35.5. The summed E-state index contributed by atoms with van der Waals surface area (Å²) < 4.78 is 26.7. The molecule has 8 heteroatoms. The van der Waals surface area contributed by atoms with Crippen molar-refractivity contribution in [2.24, 2.45) is 12.0 Å². The second-order valence-corrected chi connectivity index (χ2v) is 7.20. The number of aryl methyl sites for hydroxylation is 1. The van der Waals surface area contributed by atoms with E-state index >= 15 is 0 Å². The van der Waals surface area contributed by atoms with Crippen molar-refractivity contribution in [3.8, 4) is 5.75 Å². The Balaban J connectivity index is 1.69. The number of guanidine groups is 1. The van der Waals surface area contributed by atoms with Crippen LogP contribution >= 0.6 is 11.6 Å². The lowest BCUT2D eigenvalue weighted by molar-refractivity contribution is -0.0172. The van der Waals surface area contributed by atoms with Crippen molar-refractivity contribution in [2.75, 3.05) is 26.9 Å². The van der Waals surface area contributed by atoms with E-state index in [2.05, 4.69) is 5.32 Å². The monoisotopic (exact) mass is 408 g/mol. The predicted octanol–water partition coefficient (Wildman–Crippen LogP) is 3.32. The first-order valence-corrected chi connectivity index (χ1v) is 9.67. The molecule has 0 unspecified atom stereocenters. The molecule has 0 bridgehead atoms. The summed E-state index contributed by atoms with van der Waals surface area (Å²) in [6.07, 6.45) is 2.46. The summed E-state index contributed by atoms with van der Waals surface area (Å²) >= 11 is 6.08. The third kappa shape index (κ3) is 4.97. The molecule has 0 radical (unpaired) electrons. The number of benzene rings is 1. The largest absolute Gasteiger partial charge is 0.467 e. The summed E-state index contributed by atoms with van der Waals surface area (Å²) in [5.41, 5.74) is 2.65. The molecular formula is C20H26ClFN4O2. The van der Waals surface area contributed by atoms with Crippen molar-refractivity contribution < 1.29 is 13.9 Å². The van der Waals surface area contributed by atoms with Crippen LogP contribution in [-0.2, 0) is 31.4 Å². The van der Waals surface area contributed by atoms with Crippen LogP contribution < -0.4 is 10.1 Å². The Morgan fingerprint density at radius 3 is 2.93 bits per heavy atom. The van der Waals surface area contributed by atoms with Crippen molar-refractivity contribution in [1.29, 1.82) is 0 Å². The molecule has 0 saturated carbocycles. The van der Waals surface area contributed by atoms with Gasteiger partial charge in [0.15, 0.2) is 12.8 Å². The van der Waals surface area contributed by atoms with E-state index in [4.69, 9.17) is 26.1 Å². The fraction of sp³-hybridized carbons (Fsp3) is 0.450. The molecule has 1 aromatic heterocycles.